The van der Waals surface area contributed by atoms with Crippen molar-refractivity contribution in [2.75, 3.05) is 26.2 Å². The first-order valence-electron chi connectivity index (χ1n) is 6.71. The van der Waals surface area contributed by atoms with Gasteiger partial charge in [-0.2, -0.15) is 10.5 Å². The molecule has 1 aromatic heterocycles. The molecule has 128 valence electrons. The fraction of sp³-hybridized carbons (Fsp3) is 0.583. The summed E-state index contributed by atoms with van der Waals surface area (Å²) in [6.07, 6.45) is -4.32. The van der Waals surface area contributed by atoms with Crippen LogP contribution < -0.4 is 11.2 Å². The molecule has 1 aliphatic rings. The van der Waals surface area contributed by atoms with E-state index in [1.54, 1.807) is 0 Å². The van der Waals surface area contributed by atoms with Crippen LogP contribution in [-0.2, 0) is 9.57 Å². The smallest absolute Gasteiger partial charge is 0.394 e. The molecule has 11 heteroatoms. The monoisotopic (exact) mass is 330 g/mol. The Morgan fingerprint density at radius 2 is 2.17 bits per heavy atom. The predicted molar refractivity (Wildman–Crippen MR) is 75.3 cm³/mol. The van der Waals surface area contributed by atoms with Crippen molar-refractivity contribution in [2.24, 2.45) is 0 Å². The lowest BCUT2D eigenvalue weighted by Gasteiger charge is -2.17. The molecule has 11 nitrogen and oxygen atoms in total. The Bertz CT molecular complexity index is 620. The van der Waals surface area contributed by atoms with Gasteiger partial charge in [0.2, 0.25) is 0 Å². The van der Waals surface area contributed by atoms with E-state index in [9.17, 15) is 19.8 Å². The second-order valence-corrected chi connectivity index (χ2v) is 5.10. The van der Waals surface area contributed by atoms with Crippen LogP contribution in [0.25, 0.3) is 0 Å². The zero-order chi connectivity index (χ0) is 17.1. The lowest BCUT2D eigenvalue weighted by molar-refractivity contribution is -0.0549. The molecule has 1 saturated heterocycles. The van der Waals surface area contributed by atoms with Crippen LogP contribution in [0, 0.1) is 0 Å². The van der Waals surface area contributed by atoms with Gasteiger partial charge in [0.05, 0.1) is 6.61 Å². The van der Waals surface area contributed by atoms with Gasteiger partial charge in [-0.3, -0.25) is 4.57 Å². The molecule has 0 spiro atoms. The van der Waals surface area contributed by atoms with Gasteiger partial charge in [-0.25, -0.2) is 9.59 Å². The molecule has 0 aliphatic carbocycles. The summed E-state index contributed by atoms with van der Waals surface area (Å²) in [4.78, 5) is 32.7. The normalized spacial score (nSPS) is 26.8. The van der Waals surface area contributed by atoms with E-state index in [0.717, 1.165) is 4.57 Å². The molecule has 0 saturated carbocycles. The molecule has 2 rings (SSSR count). The maximum Gasteiger partial charge on any atom is 0.433 e. The van der Waals surface area contributed by atoms with Crippen molar-refractivity contribution >= 4 is 11.9 Å². The van der Waals surface area contributed by atoms with Crippen molar-refractivity contribution in [2.45, 2.75) is 24.5 Å². The molecule has 0 aromatic carbocycles. The third-order valence-corrected chi connectivity index (χ3v) is 3.23. The summed E-state index contributed by atoms with van der Waals surface area (Å²) < 4.78 is 6.19. The maximum absolute atomic E-state index is 12.0. The first-order valence-corrected chi connectivity index (χ1v) is 6.71. The standard InChI is InChI=1S/C12H18N4O7/c1-15(2)12(21)23-14-7-3-4-16(11(20)13-7)10-9(19)8(18)6(5-17)22-10/h3-4,6,8-10,17-19H,5H2,1-2H3,(H,13,14,20)/t6-,8-,9-,10-/m1/s1. The van der Waals surface area contributed by atoms with Crippen molar-refractivity contribution in [1.29, 1.82) is 0 Å². The number of aliphatic hydroxyl groups is 3. The fourth-order valence-electron chi connectivity index (χ4n) is 1.96. The summed E-state index contributed by atoms with van der Waals surface area (Å²) >= 11 is 0. The summed E-state index contributed by atoms with van der Waals surface area (Å²) in [5.41, 5.74) is 1.42. The number of rotatable bonds is 4. The Balaban J connectivity index is 2.11. The van der Waals surface area contributed by atoms with Crippen molar-refractivity contribution in [3.8, 4) is 0 Å². The number of nitrogens with zero attached hydrogens (tertiary/aromatic N) is 3. The molecule has 23 heavy (non-hydrogen) atoms. The van der Waals surface area contributed by atoms with E-state index in [1.807, 2.05) is 0 Å². The Hall–Kier alpha value is -2.21. The lowest BCUT2D eigenvalue weighted by Crippen LogP contribution is -2.36. The largest absolute Gasteiger partial charge is 0.433 e. The highest BCUT2D eigenvalue weighted by atomic mass is 16.7. The van der Waals surface area contributed by atoms with Gasteiger partial charge in [-0.1, -0.05) is 0 Å². The number of hydrogen-bond acceptors (Lipinski definition) is 9. The van der Waals surface area contributed by atoms with Gasteiger partial charge in [-0.15, -0.1) is 0 Å². The summed E-state index contributed by atoms with van der Waals surface area (Å²) in [5, 5.41) is 28.6. The van der Waals surface area contributed by atoms with E-state index < -0.39 is 42.9 Å². The van der Waals surface area contributed by atoms with E-state index in [4.69, 9.17) is 9.84 Å². The molecule has 1 aliphatic heterocycles. The van der Waals surface area contributed by atoms with Gasteiger partial charge >= 0.3 is 11.8 Å². The predicted octanol–water partition coefficient (Wildman–Crippen LogP) is -2.12. The highest BCUT2D eigenvalue weighted by Crippen LogP contribution is 2.28. The van der Waals surface area contributed by atoms with Crippen LogP contribution in [0.15, 0.2) is 17.1 Å². The van der Waals surface area contributed by atoms with Crippen molar-refractivity contribution in [3.63, 3.8) is 0 Å². The fourth-order valence-corrected chi connectivity index (χ4v) is 1.96. The number of aliphatic hydroxyl groups excluding tert-OH is 3. The van der Waals surface area contributed by atoms with Gasteiger partial charge < -0.3 is 29.8 Å². The van der Waals surface area contributed by atoms with Gasteiger partial charge in [-0.05, 0) is 0 Å². The molecular formula is C12H18N4O7. The molecule has 1 aromatic rings. The van der Waals surface area contributed by atoms with E-state index in [2.05, 4.69) is 15.3 Å². The Kier molecular flexibility index (Phi) is 5.15. The minimum Gasteiger partial charge on any atom is -0.394 e. The number of aromatic nitrogens is 2. The number of anilines is 1. The molecule has 2 heterocycles. The zero-order valence-corrected chi connectivity index (χ0v) is 12.5. The maximum atomic E-state index is 12.0. The van der Waals surface area contributed by atoms with Crippen LogP contribution in [0.5, 0.6) is 0 Å². The van der Waals surface area contributed by atoms with Gasteiger partial charge in [0.25, 0.3) is 0 Å². The van der Waals surface area contributed by atoms with E-state index in [-0.39, 0.29) is 5.82 Å². The molecule has 0 unspecified atom stereocenters. The Morgan fingerprint density at radius 3 is 2.70 bits per heavy atom. The summed E-state index contributed by atoms with van der Waals surface area (Å²) in [6.45, 7) is -0.503. The molecule has 0 bridgehead atoms. The minimum atomic E-state index is -1.39. The number of carbonyl (C=O) groups excluding carboxylic acids is 1. The molecule has 4 atom stereocenters. The topological polar surface area (TPSA) is 146 Å². The van der Waals surface area contributed by atoms with E-state index in [0.29, 0.717) is 0 Å². The highest BCUT2D eigenvalue weighted by Gasteiger charge is 2.43. The second kappa shape index (κ2) is 6.91. The number of hydrogen-bond donors (Lipinski definition) is 4. The van der Waals surface area contributed by atoms with Crippen LogP contribution in [0.4, 0.5) is 10.6 Å². The molecule has 0 radical (unpaired) electrons. The second-order valence-electron chi connectivity index (χ2n) is 5.10. The number of ether oxygens (including phenoxy) is 1. The third kappa shape index (κ3) is 3.59. The molecule has 1 amide bonds. The van der Waals surface area contributed by atoms with E-state index >= 15 is 0 Å². The van der Waals surface area contributed by atoms with Crippen LogP contribution in [0.3, 0.4) is 0 Å². The average Bonchev–Trinajstić information content (AvgIpc) is 2.80. The van der Waals surface area contributed by atoms with Crippen molar-refractivity contribution < 1.29 is 29.7 Å². The van der Waals surface area contributed by atoms with Crippen molar-refractivity contribution in [1.82, 2.24) is 14.5 Å². The molecule has 4 N–H and O–H groups in total. The van der Waals surface area contributed by atoms with Crippen LogP contribution in [-0.4, -0.2) is 74.9 Å². The van der Waals surface area contributed by atoms with Gasteiger partial charge in [0, 0.05) is 26.4 Å². The minimum absolute atomic E-state index is 0.0202. The number of carbonyl (C=O) groups is 1. The summed E-state index contributed by atoms with van der Waals surface area (Å²) in [5.74, 6) is -0.0202. The van der Waals surface area contributed by atoms with Crippen LogP contribution >= 0.6 is 0 Å². The molecular weight excluding hydrogens is 312 g/mol. The summed E-state index contributed by atoms with van der Waals surface area (Å²) in [7, 11) is 2.97. The number of amides is 1. The zero-order valence-electron chi connectivity index (χ0n) is 12.5. The Labute approximate surface area is 130 Å². The lowest BCUT2D eigenvalue weighted by atomic mass is 10.1. The van der Waals surface area contributed by atoms with E-state index in [1.165, 1.54) is 31.3 Å². The third-order valence-electron chi connectivity index (χ3n) is 3.23. The average molecular weight is 330 g/mol. The van der Waals surface area contributed by atoms with Crippen LogP contribution in [0.1, 0.15) is 6.23 Å². The SMILES string of the molecule is CN(C)C(=O)ONc1ccn([C@@H]2O[C@H](CO)[C@@H](O)[C@H]2O)c(=O)n1. The van der Waals surface area contributed by atoms with Crippen molar-refractivity contribution in [3.05, 3.63) is 22.7 Å². The van der Waals surface area contributed by atoms with Crippen LogP contribution in [0.2, 0.25) is 0 Å². The highest BCUT2D eigenvalue weighted by molar-refractivity contribution is 5.67. The van der Waals surface area contributed by atoms with Gasteiger partial charge in [0.15, 0.2) is 12.0 Å². The quantitative estimate of drug-likeness (QED) is 0.455. The number of nitrogens with one attached hydrogen (secondary N) is 1. The van der Waals surface area contributed by atoms with Gasteiger partial charge in [0.1, 0.15) is 18.3 Å². The summed E-state index contributed by atoms with van der Waals surface area (Å²) in [6, 6.07) is 1.32. The molecule has 1 fully saturated rings. The Morgan fingerprint density at radius 1 is 1.48 bits per heavy atom. The first-order chi connectivity index (χ1) is 10.8. The first kappa shape index (κ1) is 17.1.